The van der Waals surface area contributed by atoms with Gasteiger partial charge in [-0.05, 0) is 19.8 Å². The Balaban J connectivity index is 4.86. The molecule has 0 bridgehead atoms. The van der Waals surface area contributed by atoms with Crippen molar-refractivity contribution in [1.29, 1.82) is 0 Å². The number of carbonyl (C=O) groups excluding carboxylic acids is 1. The number of rotatable bonds is 7. The van der Waals surface area contributed by atoms with E-state index in [1.165, 1.54) is 11.0 Å². The summed E-state index contributed by atoms with van der Waals surface area (Å²) in [6.07, 6.45) is 1.54. The molecule has 0 heterocycles. The second-order valence-electron chi connectivity index (χ2n) is 4.99. The van der Waals surface area contributed by atoms with Crippen LogP contribution in [0.1, 0.15) is 27.7 Å². The highest BCUT2D eigenvalue weighted by molar-refractivity contribution is 5.80. The Morgan fingerprint density at radius 3 is 2.17 bits per heavy atom. The summed E-state index contributed by atoms with van der Waals surface area (Å²) in [5, 5.41) is 8.81. The molecule has 0 aliphatic heterocycles. The van der Waals surface area contributed by atoms with E-state index in [1.54, 1.807) is 4.90 Å². The zero-order chi connectivity index (χ0) is 14.3. The first kappa shape index (κ1) is 16.5. The number of hydrogen-bond donors (Lipinski definition) is 1. The number of aliphatic carboxylic acids is 1. The van der Waals surface area contributed by atoms with Crippen LogP contribution < -0.4 is 0 Å². The predicted octanol–water partition coefficient (Wildman–Crippen LogP) is 2.05. The summed E-state index contributed by atoms with van der Waals surface area (Å²) >= 11 is 0. The molecule has 0 saturated carbocycles. The molecule has 1 N–H and O–H groups in total. The molecule has 0 fully saturated rings. The fourth-order valence-electron chi connectivity index (χ4n) is 1.61. The lowest BCUT2D eigenvalue weighted by atomic mass is 10.2. The van der Waals surface area contributed by atoms with Crippen molar-refractivity contribution in [3.05, 3.63) is 12.7 Å². The molecule has 0 saturated heterocycles. The molecule has 0 unspecified atom stereocenters. The zero-order valence-corrected chi connectivity index (χ0v) is 11.7. The molecule has 2 amide bonds. The highest BCUT2D eigenvalue weighted by Gasteiger charge is 2.24. The number of urea groups is 1. The molecule has 0 radical (unpaired) electrons. The largest absolute Gasteiger partial charge is 0.480 e. The molecule has 18 heavy (non-hydrogen) atoms. The Kier molecular flexibility index (Phi) is 7.08. The van der Waals surface area contributed by atoms with Gasteiger partial charge >= 0.3 is 12.0 Å². The third-order valence-electron chi connectivity index (χ3n) is 2.38. The molecule has 104 valence electrons. The molecule has 0 aromatic heterocycles. The summed E-state index contributed by atoms with van der Waals surface area (Å²) in [6.45, 7) is 12.0. The van der Waals surface area contributed by atoms with E-state index in [4.69, 9.17) is 5.11 Å². The van der Waals surface area contributed by atoms with Gasteiger partial charge in [-0.1, -0.05) is 19.9 Å². The lowest BCUT2D eigenvalue weighted by molar-refractivity contribution is -0.137. The summed E-state index contributed by atoms with van der Waals surface area (Å²) in [7, 11) is 0. The number of hydrogen-bond acceptors (Lipinski definition) is 2. The molecule has 0 spiro atoms. The van der Waals surface area contributed by atoms with E-state index in [0.29, 0.717) is 12.5 Å². The third kappa shape index (κ3) is 5.70. The maximum absolute atomic E-state index is 12.3. The second kappa shape index (κ2) is 7.74. The van der Waals surface area contributed by atoms with Crippen molar-refractivity contribution < 1.29 is 14.7 Å². The van der Waals surface area contributed by atoms with Gasteiger partial charge in [-0.3, -0.25) is 4.79 Å². The van der Waals surface area contributed by atoms with Crippen molar-refractivity contribution in [3.63, 3.8) is 0 Å². The van der Waals surface area contributed by atoms with Crippen LogP contribution in [0.3, 0.4) is 0 Å². The molecule has 0 rings (SSSR count). The van der Waals surface area contributed by atoms with E-state index >= 15 is 0 Å². The van der Waals surface area contributed by atoms with Crippen LogP contribution >= 0.6 is 0 Å². The summed E-state index contributed by atoms with van der Waals surface area (Å²) < 4.78 is 0. The Hall–Kier alpha value is -1.52. The minimum absolute atomic E-state index is 0.0426. The third-order valence-corrected chi connectivity index (χ3v) is 2.38. The molecule has 0 aromatic carbocycles. The first-order valence-corrected chi connectivity index (χ1v) is 6.17. The second-order valence-corrected chi connectivity index (χ2v) is 4.99. The van der Waals surface area contributed by atoms with E-state index in [0.717, 1.165) is 0 Å². The molecule has 0 atom stereocenters. The van der Waals surface area contributed by atoms with E-state index in [1.807, 2.05) is 27.7 Å². The van der Waals surface area contributed by atoms with Crippen molar-refractivity contribution in [3.8, 4) is 0 Å². The van der Waals surface area contributed by atoms with Crippen LogP contribution in [0.2, 0.25) is 0 Å². The quantitative estimate of drug-likeness (QED) is 0.709. The van der Waals surface area contributed by atoms with E-state index in [-0.39, 0.29) is 25.2 Å². The van der Waals surface area contributed by atoms with Gasteiger partial charge in [0, 0.05) is 19.1 Å². The fraction of sp³-hybridized carbons (Fsp3) is 0.692. The summed E-state index contributed by atoms with van der Waals surface area (Å²) in [4.78, 5) is 26.0. The molecular weight excluding hydrogens is 232 g/mol. The monoisotopic (exact) mass is 256 g/mol. The molecule has 5 heteroatoms. The minimum Gasteiger partial charge on any atom is -0.480 e. The van der Waals surface area contributed by atoms with Crippen LogP contribution in [0.5, 0.6) is 0 Å². The average Bonchev–Trinajstić information content (AvgIpc) is 2.23. The molecule has 5 nitrogen and oxygen atoms in total. The van der Waals surface area contributed by atoms with Crippen molar-refractivity contribution in [2.75, 3.05) is 19.6 Å². The van der Waals surface area contributed by atoms with Gasteiger partial charge in [0.1, 0.15) is 6.54 Å². The maximum Gasteiger partial charge on any atom is 0.323 e. The average molecular weight is 256 g/mol. The van der Waals surface area contributed by atoms with Crippen LogP contribution in [-0.2, 0) is 4.79 Å². The van der Waals surface area contributed by atoms with Gasteiger partial charge in [0.2, 0.25) is 0 Å². The van der Waals surface area contributed by atoms with Crippen LogP contribution in [-0.4, -0.2) is 52.6 Å². The number of amides is 2. The van der Waals surface area contributed by atoms with Gasteiger partial charge in [-0.15, -0.1) is 6.58 Å². The van der Waals surface area contributed by atoms with Crippen LogP contribution in [0.15, 0.2) is 12.7 Å². The number of carboxylic acid groups (broad SMARTS) is 1. The Labute approximate surface area is 109 Å². The van der Waals surface area contributed by atoms with Gasteiger partial charge < -0.3 is 14.9 Å². The summed E-state index contributed by atoms with van der Waals surface area (Å²) in [5.41, 5.74) is 0. The summed E-state index contributed by atoms with van der Waals surface area (Å²) in [5.74, 6) is -0.676. The van der Waals surface area contributed by atoms with Crippen molar-refractivity contribution in [2.24, 2.45) is 5.92 Å². The molecular formula is C13H24N2O3. The van der Waals surface area contributed by atoms with Crippen LogP contribution in [0.4, 0.5) is 4.79 Å². The minimum atomic E-state index is -1.02. The lowest BCUT2D eigenvalue weighted by Gasteiger charge is -2.33. The van der Waals surface area contributed by atoms with Gasteiger partial charge in [0.25, 0.3) is 0 Å². The van der Waals surface area contributed by atoms with Gasteiger partial charge in [-0.2, -0.15) is 0 Å². The first-order chi connectivity index (χ1) is 8.29. The van der Waals surface area contributed by atoms with Gasteiger partial charge in [0.05, 0.1) is 0 Å². The molecule has 0 aromatic rings. The Bertz CT molecular complexity index is 301. The normalized spacial score (nSPS) is 10.6. The Morgan fingerprint density at radius 1 is 1.28 bits per heavy atom. The standard InChI is InChI=1S/C13H24N2O3/c1-6-7-14(9-12(16)17)13(18)15(11(4)5)8-10(2)3/h6,10-11H,1,7-9H2,2-5H3,(H,16,17). The van der Waals surface area contributed by atoms with Crippen LogP contribution in [0, 0.1) is 5.92 Å². The van der Waals surface area contributed by atoms with Crippen molar-refractivity contribution in [2.45, 2.75) is 33.7 Å². The van der Waals surface area contributed by atoms with Gasteiger partial charge in [0.15, 0.2) is 0 Å². The number of nitrogens with zero attached hydrogens (tertiary/aromatic N) is 2. The van der Waals surface area contributed by atoms with E-state index in [2.05, 4.69) is 6.58 Å². The maximum atomic E-state index is 12.3. The zero-order valence-electron chi connectivity index (χ0n) is 11.7. The first-order valence-electron chi connectivity index (χ1n) is 6.17. The van der Waals surface area contributed by atoms with Crippen molar-refractivity contribution >= 4 is 12.0 Å². The highest BCUT2D eigenvalue weighted by Crippen LogP contribution is 2.08. The fourth-order valence-corrected chi connectivity index (χ4v) is 1.61. The number of carbonyl (C=O) groups is 2. The Morgan fingerprint density at radius 2 is 1.83 bits per heavy atom. The molecule has 0 aliphatic carbocycles. The topological polar surface area (TPSA) is 60.9 Å². The van der Waals surface area contributed by atoms with Crippen LogP contribution in [0.25, 0.3) is 0 Å². The predicted molar refractivity (Wildman–Crippen MR) is 71.5 cm³/mol. The van der Waals surface area contributed by atoms with E-state index < -0.39 is 5.97 Å². The highest BCUT2D eigenvalue weighted by atomic mass is 16.4. The van der Waals surface area contributed by atoms with E-state index in [9.17, 15) is 9.59 Å². The van der Waals surface area contributed by atoms with Crippen molar-refractivity contribution in [1.82, 2.24) is 9.80 Å². The molecule has 0 aliphatic rings. The smallest absolute Gasteiger partial charge is 0.323 e. The summed E-state index contributed by atoms with van der Waals surface area (Å²) in [6, 6.07) is -0.206. The van der Waals surface area contributed by atoms with Gasteiger partial charge in [-0.25, -0.2) is 4.79 Å². The SMILES string of the molecule is C=CCN(CC(=O)O)C(=O)N(CC(C)C)C(C)C. The number of carboxylic acids is 1. The lowest BCUT2D eigenvalue weighted by Crippen LogP contribution is -2.49.